The summed E-state index contributed by atoms with van der Waals surface area (Å²) in [4.78, 5) is 32.8. The molecule has 1 fully saturated rings. The molecule has 1 aliphatic heterocycles. The van der Waals surface area contributed by atoms with Gasteiger partial charge < -0.3 is 4.90 Å². The van der Waals surface area contributed by atoms with E-state index in [0.717, 1.165) is 29.2 Å². The quantitative estimate of drug-likeness (QED) is 0.423. The van der Waals surface area contributed by atoms with E-state index in [4.69, 9.17) is 0 Å². The lowest BCUT2D eigenvalue weighted by Crippen LogP contribution is -2.56. The van der Waals surface area contributed by atoms with E-state index in [1.165, 1.54) is 15.6 Å². The van der Waals surface area contributed by atoms with Crippen LogP contribution in [0, 0.1) is 0 Å². The number of likely N-dealkylation sites (tertiary alicyclic amines) is 1. The molecule has 2 aromatic carbocycles. The lowest BCUT2D eigenvalue weighted by molar-refractivity contribution is -0.138. The first-order valence-electron chi connectivity index (χ1n) is 11.3. The van der Waals surface area contributed by atoms with E-state index in [1.807, 2.05) is 42.3 Å². The molecule has 6 nitrogen and oxygen atoms in total. The van der Waals surface area contributed by atoms with Crippen molar-refractivity contribution in [2.45, 2.75) is 54.0 Å². The van der Waals surface area contributed by atoms with E-state index in [0.29, 0.717) is 23.0 Å². The average molecular weight is 457 g/mol. The predicted molar refractivity (Wildman–Crippen MR) is 129 cm³/mol. The van der Waals surface area contributed by atoms with Crippen molar-refractivity contribution in [3.8, 4) is 0 Å². The zero-order chi connectivity index (χ0) is 22.7. The number of carbonyl (C=O) groups is 1. The van der Waals surface area contributed by atoms with E-state index in [1.54, 1.807) is 17.8 Å². The van der Waals surface area contributed by atoms with Crippen molar-refractivity contribution >= 4 is 34.2 Å². The van der Waals surface area contributed by atoms with Crippen molar-refractivity contribution in [2.24, 2.45) is 0 Å². The summed E-state index contributed by atoms with van der Waals surface area (Å²) in [5, 5.41) is 5.91. The number of benzene rings is 2. The van der Waals surface area contributed by atoms with E-state index in [-0.39, 0.29) is 22.9 Å². The van der Waals surface area contributed by atoms with Gasteiger partial charge in [-0.05, 0) is 66.8 Å². The molecule has 6 rings (SSSR count). The molecule has 0 saturated carbocycles. The maximum Gasteiger partial charge on any atom is 0.282 e. The number of nitrogens with zero attached hydrogens (tertiary/aromatic N) is 4. The van der Waals surface area contributed by atoms with Crippen LogP contribution in [0.2, 0.25) is 0 Å². The average Bonchev–Trinajstić information content (AvgIpc) is 2.82. The molecule has 33 heavy (non-hydrogen) atoms. The fourth-order valence-electron chi connectivity index (χ4n) is 5.63. The van der Waals surface area contributed by atoms with Crippen LogP contribution in [0.4, 0.5) is 0 Å². The minimum absolute atomic E-state index is 0.000671. The van der Waals surface area contributed by atoms with Gasteiger partial charge in [0.25, 0.3) is 5.56 Å². The fraction of sp³-hybridized carbons (Fsp3) is 0.308. The third-order valence-electron chi connectivity index (χ3n) is 7.41. The molecule has 166 valence electrons. The van der Waals surface area contributed by atoms with Crippen LogP contribution in [0.5, 0.6) is 0 Å². The number of carbonyl (C=O) groups excluding carboxylic acids is 1. The Kier molecular flexibility index (Phi) is 4.59. The van der Waals surface area contributed by atoms with E-state index < -0.39 is 0 Å². The van der Waals surface area contributed by atoms with Crippen molar-refractivity contribution < 1.29 is 4.79 Å². The monoisotopic (exact) mass is 456 g/mol. The zero-order valence-corrected chi connectivity index (χ0v) is 19.4. The predicted octanol–water partition coefficient (Wildman–Crippen LogP) is 4.22. The number of aryl methyl sites for hydroxylation is 1. The number of amides is 1. The summed E-state index contributed by atoms with van der Waals surface area (Å²) >= 11 is 1.56. The van der Waals surface area contributed by atoms with Gasteiger partial charge in [0.05, 0.1) is 10.9 Å². The van der Waals surface area contributed by atoms with Gasteiger partial charge in [-0.15, -0.1) is 0 Å². The van der Waals surface area contributed by atoms with Crippen LogP contribution in [-0.2, 0) is 16.6 Å². The first-order chi connectivity index (χ1) is 15.9. The van der Waals surface area contributed by atoms with Crippen LogP contribution >= 0.6 is 11.8 Å². The summed E-state index contributed by atoms with van der Waals surface area (Å²) in [6.45, 7) is 2.31. The van der Waals surface area contributed by atoms with Gasteiger partial charge in [0, 0.05) is 29.8 Å². The van der Waals surface area contributed by atoms with Crippen LogP contribution in [0.15, 0.2) is 69.3 Å². The van der Waals surface area contributed by atoms with Gasteiger partial charge in [0.1, 0.15) is 5.03 Å². The van der Waals surface area contributed by atoms with Crippen LogP contribution in [-0.4, -0.2) is 38.5 Å². The Morgan fingerprint density at radius 1 is 1.06 bits per heavy atom. The number of aromatic nitrogens is 3. The number of hydrogen-bond donors (Lipinski definition) is 0. The van der Waals surface area contributed by atoms with Crippen molar-refractivity contribution in [3.63, 3.8) is 0 Å². The molecule has 2 aliphatic rings. The SMILES string of the molecule is CN1C(=O)CC[C@]2(C)c3ccc(Sc4ccc5nc6ccccc6c(=O)n5n4)cc3CCC12. The molecule has 4 aromatic rings. The molecule has 3 heterocycles. The molecular weight excluding hydrogens is 432 g/mol. The molecular formula is C26H24N4O2S. The first-order valence-corrected chi connectivity index (χ1v) is 12.1. The van der Waals surface area contributed by atoms with E-state index >= 15 is 0 Å². The van der Waals surface area contributed by atoms with Crippen molar-refractivity contribution in [3.05, 3.63) is 76.1 Å². The summed E-state index contributed by atoms with van der Waals surface area (Å²) in [6.07, 6.45) is 3.46. The van der Waals surface area contributed by atoms with Gasteiger partial charge in [0.15, 0.2) is 5.65 Å². The van der Waals surface area contributed by atoms with Crippen LogP contribution in [0.25, 0.3) is 16.6 Å². The van der Waals surface area contributed by atoms with Gasteiger partial charge in [-0.1, -0.05) is 36.9 Å². The number of para-hydroxylation sites is 1. The maximum atomic E-state index is 12.9. The Balaban J connectivity index is 1.34. The second kappa shape index (κ2) is 7.42. The fourth-order valence-corrected chi connectivity index (χ4v) is 6.46. The number of rotatable bonds is 2. The molecule has 2 atom stereocenters. The van der Waals surface area contributed by atoms with E-state index in [2.05, 4.69) is 35.2 Å². The topological polar surface area (TPSA) is 67.6 Å². The number of fused-ring (bicyclic) bond motifs is 5. The minimum atomic E-state index is -0.154. The largest absolute Gasteiger partial charge is 0.342 e. The van der Waals surface area contributed by atoms with Gasteiger partial charge >= 0.3 is 0 Å². The molecule has 0 radical (unpaired) electrons. The molecule has 1 amide bonds. The molecule has 0 bridgehead atoms. The highest BCUT2D eigenvalue weighted by molar-refractivity contribution is 7.99. The maximum absolute atomic E-state index is 12.9. The summed E-state index contributed by atoms with van der Waals surface area (Å²) in [5.74, 6) is 0.257. The number of likely N-dealkylation sites (N-methyl/N-ethyl adjacent to an activating group) is 1. The first kappa shape index (κ1) is 20.4. The molecule has 1 aliphatic carbocycles. The molecule has 0 spiro atoms. The standard InChI is InChI=1S/C26H24N4O2S/c1-26-14-13-24(31)29(2)21(26)10-7-16-15-17(8-9-19(16)26)33-23-12-11-22-27-20-6-4-3-5-18(20)25(32)30(22)28-23/h3-6,8-9,11-12,15,21H,7,10,13-14H2,1-2H3/t21?,26-/m1/s1. The van der Waals surface area contributed by atoms with Crippen molar-refractivity contribution in [1.29, 1.82) is 0 Å². The second-order valence-electron chi connectivity index (χ2n) is 9.27. The van der Waals surface area contributed by atoms with Crippen molar-refractivity contribution in [2.75, 3.05) is 7.05 Å². The molecule has 2 aromatic heterocycles. The number of hydrogen-bond acceptors (Lipinski definition) is 5. The molecule has 0 N–H and O–H groups in total. The van der Waals surface area contributed by atoms with Gasteiger partial charge in [-0.3, -0.25) is 9.59 Å². The highest BCUT2D eigenvalue weighted by Crippen LogP contribution is 2.46. The summed E-state index contributed by atoms with van der Waals surface area (Å²) in [7, 11) is 1.95. The number of piperidine rings is 1. The molecule has 1 saturated heterocycles. The van der Waals surface area contributed by atoms with Gasteiger partial charge in [0.2, 0.25) is 5.91 Å². The van der Waals surface area contributed by atoms with Crippen LogP contribution in [0.1, 0.15) is 37.3 Å². The Hall–Kier alpha value is -3.19. The Morgan fingerprint density at radius 3 is 2.79 bits per heavy atom. The van der Waals surface area contributed by atoms with Crippen molar-refractivity contribution in [1.82, 2.24) is 19.5 Å². The van der Waals surface area contributed by atoms with Gasteiger partial charge in [-0.25, -0.2) is 4.98 Å². The van der Waals surface area contributed by atoms with Crippen LogP contribution < -0.4 is 5.56 Å². The van der Waals surface area contributed by atoms with Gasteiger partial charge in [-0.2, -0.15) is 9.61 Å². The Bertz CT molecular complexity index is 1500. The highest BCUT2D eigenvalue weighted by Gasteiger charge is 2.46. The second-order valence-corrected chi connectivity index (χ2v) is 10.4. The van der Waals surface area contributed by atoms with Crippen LogP contribution in [0.3, 0.4) is 0 Å². The summed E-state index contributed by atoms with van der Waals surface area (Å²) < 4.78 is 1.39. The third kappa shape index (κ3) is 3.17. The lowest BCUT2D eigenvalue weighted by Gasteiger charge is -2.50. The lowest BCUT2D eigenvalue weighted by atomic mass is 9.63. The smallest absolute Gasteiger partial charge is 0.282 e. The normalized spacial score (nSPS) is 22.4. The third-order valence-corrected chi connectivity index (χ3v) is 8.32. The molecule has 7 heteroatoms. The minimum Gasteiger partial charge on any atom is -0.342 e. The van der Waals surface area contributed by atoms with E-state index in [9.17, 15) is 9.59 Å². The Labute approximate surface area is 195 Å². The highest BCUT2D eigenvalue weighted by atomic mass is 32.2. The zero-order valence-electron chi connectivity index (χ0n) is 18.6. The summed E-state index contributed by atoms with van der Waals surface area (Å²) in [6, 6.07) is 18.0. The Morgan fingerprint density at radius 2 is 1.91 bits per heavy atom. The molecule has 1 unspecified atom stereocenters. The summed E-state index contributed by atoms with van der Waals surface area (Å²) in [5.41, 5.74) is 3.79.